The molecule has 1 aromatic heterocycles. The van der Waals surface area contributed by atoms with Crippen molar-refractivity contribution in [2.24, 2.45) is 10.8 Å². The van der Waals surface area contributed by atoms with Gasteiger partial charge in [-0.3, -0.25) is 0 Å². The number of anilines is 1. The fourth-order valence-electron chi connectivity index (χ4n) is 2.70. The second-order valence-corrected chi connectivity index (χ2v) is 5.76. The first-order valence-electron chi connectivity index (χ1n) is 7.96. The van der Waals surface area contributed by atoms with Gasteiger partial charge < -0.3 is 10.5 Å². The molecule has 4 rings (SSSR count). The van der Waals surface area contributed by atoms with Crippen LogP contribution in [0.15, 0.2) is 65.8 Å². The van der Waals surface area contributed by atoms with E-state index in [1.54, 1.807) is 0 Å². The van der Waals surface area contributed by atoms with Gasteiger partial charge in [0.1, 0.15) is 24.0 Å². The van der Waals surface area contributed by atoms with Gasteiger partial charge in [-0.25, -0.2) is 9.99 Å². The maximum absolute atomic E-state index is 5.88. The first kappa shape index (κ1) is 14.5. The normalized spacial score (nSPS) is 14.0. The molecule has 0 saturated heterocycles. The summed E-state index contributed by atoms with van der Waals surface area (Å²) in [5.41, 5.74) is 7.78. The zero-order valence-corrected chi connectivity index (χ0v) is 13.2. The van der Waals surface area contributed by atoms with Crippen LogP contribution in [0.1, 0.15) is 12.0 Å². The minimum absolute atomic E-state index is 0.541. The lowest BCUT2D eigenvalue weighted by Crippen LogP contribution is -2.13. The molecule has 3 aromatic rings. The highest BCUT2D eigenvalue weighted by atomic mass is 16.5. The number of nitrogens with zero attached hydrogens (tertiary/aromatic N) is 3. The van der Waals surface area contributed by atoms with Gasteiger partial charge in [-0.15, -0.1) is 0 Å². The number of pyridine rings is 1. The Hall–Kier alpha value is -3.08. The fraction of sp³-hybridized carbons (Fsp3) is 0.158. The van der Waals surface area contributed by atoms with Crippen LogP contribution in [0.5, 0.6) is 5.75 Å². The minimum atomic E-state index is 0.541. The largest absolute Gasteiger partial charge is 0.489 e. The summed E-state index contributed by atoms with van der Waals surface area (Å²) in [5.74, 6) is 2.26. The van der Waals surface area contributed by atoms with Crippen LogP contribution in [0.25, 0.3) is 10.9 Å². The van der Waals surface area contributed by atoms with Crippen LogP contribution in [0, 0.1) is 0 Å². The van der Waals surface area contributed by atoms with Gasteiger partial charge in [0.25, 0.3) is 0 Å². The Morgan fingerprint density at radius 1 is 1.04 bits per heavy atom. The van der Waals surface area contributed by atoms with Gasteiger partial charge in [0, 0.05) is 17.9 Å². The van der Waals surface area contributed by atoms with Crippen molar-refractivity contribution in [1.29, 1.82) is 0 Å². The van der Waals surface area contributed by atoms with Gasteiger partial charge in [0.2, 0.25) is 0 Å². The molecule has 0 atom stereocenters. The van der Waals surface area contributed by atoms with E-state index in [0.717, 1.165) is 41.0 Å². The number of rotatable bonds is 4. The Kier molecular flexibility index (Phi) is 3.75. The number of nitrogens with two attached hydrogens (primary N) is 1. The van der Waals surface area contributed by atoms with Crippen LogP contribution in [-0.4, -0.2) is 17.4 Å². The van der Waals surface area contributed by atoms with Crippen molar-refractivity contribution in [3.05, 3.63) is 66.2 Å². The quantitative estimate of drug-likeness (QED) is 0.801. The molecule has 5 heteroatoms. The topological polar surface area (TPSA) is 63.7 Å². The Balaban J connectivity index is 1.57. The third kappa shape index (κ3) is 3.01. The monoisotopic (exact) mass is 318 g/mol. The van der Waals surface area contributed by atoms with Gasteiger partial charge in [-0.1, -0.05) is 30.3 Å². The minimum Gasteiger partial charge on any atom is -0.489 e. The molecule has 0 radical (unpaired) electrons. The van der Waals surface area contributed by atoms with Crippen molar-refractivity contribution < 1.29 is 4.74 Å². The molecule has 24 heavy (non-hydrogen) atoms. The molecule has 2 aromatic carbocycles. The average molecular weight is 318 g/mol. The molecule has 2 N–H and O–H groups in total. The van der Waals surface area contributed by atoms with Crippen LogP contribution in [0.3, 0.4) is 0 Å². The van der Waals surface area contributed by atoms with E-state index in [4.69, 9.17) is 15.5 Å². The van der Waals surface area contributed by atoms with E-state index in [0.29, 0.717) is 12.4 Å². The highest BCUT2D eigenvalue weighted by molar-refractivity contribution is 5.85. The van der Waals surface area contributed by atoms with Crippen molar-refractivity contribution in [3.8, 4) is 5.75 Å². The third-order valence-corrected chi connectivity index (χ3v) is 3.99. The maximum atomic E-state index is 5.88. The number of hydrazone groups is 1. The lowest BCUT2D eigenvalue weighted by atomic mass is 10.2. The maximum Gasteiger partial charge on any atom is 0.149 e. The SMILES string of the molecule is NC1=NN(c2ccc3ccc(OCc4ccccc4)cc3n2)CC1. The molecule has 0 aliphatic carbocycles. The summed E-state index contributed by atoms with van der Waals surface area (Å²) in [5, 5.41) is 7.21. The number of hydrogen-bond donors (Lipinski definition) is 1. The summed E-state index contributed by atoms with van der Waals surface area (Å²) < 4.78 is 5.88. The lowest BCUT2D eigenvalue weighted by molar-refractivity contribution is 0.306. The summed E-state index contributed by atoms with van der Waals surface area (Å²) in [6.07, 6.45) is 0.778. The second-order valence-electron chi connectivity index (χ2n) is 5.76. The lowest BCUT2D eigenvalue weighted by Gasteiger charge is -2.13. The number of hydrogen-bond acceptors (Lipinski definition) is 5. The molecule has 5 nitrogen and oxygen atoms in total. The Morgan fingerprint density at radius 3 is 2.67 bits per heavy atom. The van der Waals surface area contributed by atoms with Gasteiger partial charge in [0.05, 0.1) is 12.1 Å². The van der Waals surface area contributed by atoms with Crippen LogP contribution in [-0.2, 0) is 6.61 Å². The summed E-state index contributed by atoms with van der Waals surface area (Å²) >= 11 is 0. The van der Waals surface area contributed by atoms with E-state index in [9.17, 15) is 0 Å². The summed E-state index contributed by atoms with van der Waals surface area (Å²) in [7, 11) is 0. The van der Waals surface area contributed by atoms with Gasteiger partial charge in [-0.05, 0) is 29.8 Å². The third-order valence-electron chi connectivity index (χ3n) is 3.99. The number of aromatic nitrogens is 1. The molecule has 0 amide bonds. The zero-order valence-electron chi connectivity index (χ0n) is 13.2. The predicted molar refractivity (Wildman–Crippen MR) is 96.1 cm³/mol. The number of amidine groups is 1. The zero-order chi connectivity index (χ0) is 16.4. The molecule has 0 bridgehead atoms. The number of fused-ring (bicyclic) bond motifs is 1. The van der Waals surface area contributed by atoms with Crippen molar-refractivity contribution in [1.82, 2.24) is 4.98 Å². The molecule has 120 valence electrons. The van der Waals surface area contributed by atoms with Gasteiger partial charge in [-0.2, -0.15) is 5.10 Å². The first-order valence-corrected chi connectivity index (χ1v) is 7.96. The molecule has 2 heterocycles. The Morgan fingerprint density at radius 2 is 1.88 bits per heavy atom. The Bertz CT molecular complexity index is 892. The average Bonchev–Trinajstić information content (AvgIpc) is 3.06. The van der Waals surface area contributed by atoms with E-state index >= 15 is 0 Å². The molecule has 1 aliphatic heterocycles. The highest BCUT2D eigenvalue weighted by Crippen LogP contribution is 2.24. The second kappa shape index (κ2) is 6.20. The molecule has 0 unspecified atom stereocenters. The predicted octanol–water partition coefficient (Wildman–Crippen LogP) is 3.30. The molecule has 0 spiro atoms. The van der Waals surface area contributed by atoms with E-state index < -0.39 is 0 Å². The Labute approximate surface area is 140 Å². The van der Waals surface area contributed by atoms with Crippen LogP contribution in [0.4, 0.5) is 5.82 Å². The first-order chi connectivity index (χ1) is 11.8. The van der Waals surface area contributed by atoms with E-state index in [2.05, 4.69) is 5.10 Å². The highest BCUT2D eigenvalue weighted by Gasteiger charge is 2.15. The van der Waals surface area contributed by atoms with Gasteiger partial charge >= 0.3 is 0 Å². The van der Waals surface area contributed by atoms with Gasteiger partial charge in [0.15, 0.2) is 0 Å². The fourth-order valence-corrected chi connectivity index (χ4v) is 2.70. The standard InChI is InChI=1S/C19H18N4O/c20-18-10-11-23(22-18)19-9-7-15-6-8-16(12-17(15)21-19)24-13-14-4-2-1-3-5-14/h1-9,12H,10-11,13H2,(H2,20,22). The molecular weight excluding hydrogens is 300 g/mol. The van der Waals surface area contributed by atoms with E-state index in [1.807, 2.05) is 65.7 Å². The smallest absolute Gasteiger partial charge is 0.149 e. The van der Waals surface area contributed by atoms with Crippen molar-refractivity contribution in [2.45, 2.75) is 13.0 Å². The molecule has 0 fully saturated rings. The number of benzene rings is 2. The van der Waals surface area contributed by atoms with E-state index in [-0.39, 0.29) is 0 Å². The van der Waals surface area contributed by atoms with Crippen LogP contribution < -0.4 is 15.5 Å². The summed E-state index contributed by atoms with van der Waals surface area (Å²) in [4.78, 5) is 4.69. The molecule has 1 aliphatic rings. The van der Waals surface area contributed by atoms with Crippen molar-refractivity contribution in [2.75, 3.05) is 11.6 Å². The van der Waals surface area contributed by atoms with Crippen LogP contribution >= 0.6 is 0 Å². The molecule has 0 saturated carbocycles. The number of ether oxygens (including phenoxy) is 1. The van der Waals surface area contributed by atoms with E-state index in [1.165, 1.54) is 0 Å². The van der Waals surface area contributed by atoms with Crippen molar-refractivity contribution >= 4 is 22.6 Å². The summed E-state index contributed by atoms with van der Waals surface area (Å²) in [6, 6.07) is 20.1. The summed E-state index contributed by atoms with van der Waals surface area (Å²) in [6.45, 7) is 1.31. The molecular formula is C19H18N4O. The van der Waals surface area contributed by atoms with Crippen LogP contribution in [0.2, 0.25) is 0 Å². The van der Waals surface area contributed by atoms with Crippen molar-refractivity contribution in [3.63, 3.8) is 0 Å².